The highest BCUT2D eigenvalue weighted by atomic mass is 35.5. The summed E-state index contributed by atoms with van der Waals surface area (Å²) in [5, 5.41) is 11.9. The van der Waals surface area contributed by atoms with Crippen LogP contribution in [-0.2, 0) is 0 Å². The SMILES string of the molecule is COc1cc(C)ccc1Oc1ccc(C(N)=NO)c(Cl)c1. The summed E-state index contributed by atoms with van der Waals surface area (Å²) >= 11 is 6.08. The van der Waals surface area contributed by atoms with Gasteiger partial charge in [0.1, 0.15) is 5.75 Å². The van der Waals surface area contributed by atoms with E-state index in [1.807, 2.05) is 25.1 Å². The van der Waals surface area contributed by atoms with E-state index >= 15 is 0 Å². The summed E-state index contributed by atoms with van der Waals surface area (Å²) in [4.78, 5) is 0. The van der Waals surface area contributed by atoms with Gasteiger partial charge in [-0.05, 0) is 36.8 Å². The maximum Gasteiger partial charge on any atom is 0.171 e. The van der Waals surface area contributed by atoms with Gasteiger partial charge in [0, 0.05) is 11.6 Å². The van der Waals surface area contributed by atoms with E-state index in [4.69, 9.17) is 32.0 Å². The van der Waals surface area contributed by atoms with E-state index in [1.165, 1.54) is 0 Å². The Morgan fingerprint density at radius 2 is 1.95 bits per heavy atom. The molecule has 0 saturated carbocycles. The first-order valence-electron chi connectivity index (χ1n) is 6.15. The molecule has 0 saturated heterocycles. The lowest BCUT2D eigenvalue weighted by molar-refractivity contribution is 0.318. The first kappa shape index (κ1) is 15.0. The topological polar surface area (TPSA) is 77.1 Å². The van der Waals surface area contributed by atoms with Crippen molar-refractivity contribution in [3.63, 3.8) is 0 Å². The average molecular weight is 307 g/mol. The molecule has 0 amide bonds. The normalized spacial score (nSPS) is 11.3. The number of nitrogens with two attached hydrogens (primary N) is 1. The van der Waals surface area contributed by atoms with Gasteiger partial charge in [-0.1, -0.05) is 22.8 Å². The Morgan fingerprint density at radius 3 is 2.57 bits per heavy atom. The molecule has 0 spiro atoms. The summed E-state index contributed by atoms with van der Waals surface area (Å²) in [5.74, 6) is 1.68. The van der Waals surface area contributed by atoms with Crippen molar-refractivity contribution in [3.8, 4) is 17.2 Å². The molecule has 0 unspecified atom stereocenters. The minimum Gasteiger partial charge on any atom is -0.493 e. The Bertz CT molecular complexity index is 687. The van der Waals surface area contributed by atoms with Crippen molar-refractivity contribution < 1.29 is 14.7 Å². The lowest BCUT2D eigenvalue weighted by atomic mass is 10.2. The summed E-state index contributed by atoms with van der Waals surface area (Å²) < 4.78 is 11.0. The number of hydrogen-bond acceptors (Lipinski definition) is 4. The highest BCUT2D eigenvalue weighted by Gasteiger charge is 2.10. The van der Waals surface area contributed by atoms with E-state index in [0.717, 1.165) is 5.56 Å². The molecule has 0 fully saturated rings. The van der Waals surface area contributed by atoms with Crippen molar-refractivity contribution in [2.45, 2.75) is 6.92 Å². The molecule has 5 nitrogen and oxygen atoms in total. The van der Waals surface area contributed by atoms with E-state index in [0.29, 0.717) is 27.8 Å². The Labute approximate surface area is 127 Å². The second-order valence-electron chi connectivity index (χ2n) is 4.38. The summed E-state index contributed by atoms with van der Waals surface area (Å²) in [6.07, 6.45) is 0. The third-order valence-corrected chi connectivity index (χ3v) is 3.18. The predicted molar refractivity (Wildman–Crippen MR) is 81.8 cm³/mol. The van der Waals surface area contributed by atoms with Crippen LogP contribution in [0.1, 0.15) is 11.1 Å². The number of rotatable bonds is 4. The molecule has 0 aliphatic carbocycles. The van der Waals surface area contributed by atoms with Crippen LogP contribution in [0.4, 0.5) is 0 Å². The molecule has 6 heteroatoms. The van der Waals surface area contributed by atoms with Crippen LogP contribution >= 0.6 is 11.6 Å². The molecule has 110 valence electrons. The molecule has 3 N–H and O–H groups in total. The third-order valence-electron chi connectivity index (χ3n) is 2.87. The molecular formula is C15H15ClN2O3. The molecular weight excluding hydrogens is 292 g/mol. The Morgan fingerprint density at radius 1 is 1.19 bits per heavy atom. The van der Waals surface area contributed by atoms with Crippen LogP contribution in [0.25, 0.3) is 0 Å². The largest absolute Gasteiger partial charge is 0.493 e. The number of benzene rings is 2. The van der Waals surface area contributed by atoms with Gasteiger partial charge < -0.3 is 20.4 Å². The van der Waals surface area contributed by atoms with Crippen LogP contribution < -0.4 is 15.2 Å². The Kier molecular flexibility index (Phi) is 4.55. The van der Waals surface area contributed by atoms with Crippen LogP contribution in [-0.4, -0.2) is 18.2 Å². The fourth-order valence-corrected chi connectivity index (χ4v) is 2.07. The molecule has 0 atom stereocenters. The minimum atomic E-state index is -0.0560. The molecule has 2 aromatic rings. The number of aryl methyl sites for hydroxylation is 1. The van der Waals surface area contributed by atoms with Crippen LogP contribution in [0, 0.1) is 6.92 Å². The quantitative estimate of drug-likeness (QED) is 0.392. The monoisotopic (exact) mass is 306 g/mol. The van der Waals surface area contributed by atoms with Crippen molar-refractivity contribution in [3.05, 3.63) is 52.5 Å². The highest BCUT2D eigenvalue weighted by molar-refractivity contribution is 6.34. The Hall–Kier alpha value is -2.40. The van der Waals surface area contributed by atoms with Gasteiger partial charge in [0.05, 0.1) is 12.1 Å². The van der Waals surface area contributed by atoms with Crippen LogP contribution in [0.15, 0.2) is 41.6 Å². The number of halogens is 1. The van der Waals surface area contributed by atoms with Crippen LogP contribution in [0.3, 0.4) is 0 Å². The molecule has 21 heavy (non-hydrogen) atoms. The van der Waals surface area contributed by atoms with E-state index in [9.17, 15) is 0 Å². The summed E-state index contributed by atoms with van der Waals surface area (Å²) in [6, 6.07) is 10.5. The van der Waals surface area contributed by atoms with Gasteiger partial charge in [-0.15, -0.1) is 0 Å². The van der Waals surface area contributed by atoms with Gasteiger partial charge in [0.15, 0.2) is 17.3 Å². The predicted octanol–water partition coefficient (Wildman–Crippen LogP) is 3.54. The summed E-state index contributed by atoms with van der Waals surface area (Å²) in [6.45, 7) is 1.97. The number of ether oxygens (including phenoxy) is 2. The fraction of sp³-hybridized carbons (Fsp3) is 0.133. The van der Waals surface area contributed by atoms with Crippen molar-refractivity contribution in [2.75, 3.05) is 7.11 Å². The maximum atomic E-state index is 8.67. The Balaban J connectivity index is 2.31. The number of nitrogens with zero attached hydrogens (tertiary/aromatic N) is 1. The first-order chi connectivity index (χ1) is 10.0. The third kappa shape index (κ3) is 3.38. The van der Waals surface area contributed by atoms with Crippen molar-refractivity contribution in [1.29, 1.82) is 0 Å². The number of methoxy groups -OCH3 is 1. The van der Waals surface area contributed by atoms with Crippen molar-refractivity contribution >= 4 is 17.4 Å². The average Bonchev–Trinajstić information content (AvgIpc) is 2.48. The van der Waals surface area contributed by atoms with E-state index < -0.39 is 0 Å². The van der Waals surface area contributed by atoms with Gasteiger partial charge >= 0.3 is 0 Å². The molecule has 0 aliphatic rings. The number of oxime groups is 1. The van der Waals surface area contributed by atoms with E-state index in [1.54, 1.807) is 25.3 Å². The molecule has 2 rings (SSSR count). The fourth-order valence-electron chi connectivity index (χ4n) is 1.81. The molecule has 0 aliphatic heterocycles. The summed E-state index contributed by atoms with van der Waals surface area (Å²) in [7, 11) is 1.58. The number of amidine groups is 1. The highest BCUT2D eigenvalue weighted by Crippen LogP contribution is 2.33. The van der Waals surface area contributed by atoms with Crippen molar-refractivity contribution in [2.24, 2.45) is 10.9 Å². The number of hydrogen-bond donors (Lipinski definition) is 2. The maximum absolute atomic E-state index is 8.67. The standard InChI is InChI=1S/C15H15ClN2O3/c1-9-3-6-13(14(7-9)20-2)21-10-4-5-11(12(16)8-10)15(17)18-19/h3-8,19H,1-2H3,(H2,17,18). The first-order valence-corrected chi connectivity index (χ1v) is 6.53. The summed E-state index contributed by atoms with van der Waals surface area (Å²) in [5.41, 5.74) is 7.02. The van der Waals surface area contributed by atoms with Gasteiger partial charge in [-0.2, -0.15) is 0 Å². The second kappa shape index (κ2) is 6.37. The van der Waals surface area contributed by atoms with Gasteiger partial charge in [-0.3, -0.25) is 0 Å². The molecule has 0 heterocycles. The zero-order valence-corrected chi connectivity index (χ0v) is 12.4. The smallest absolute Gasteiger partial charge is 0.171 e. The van der Waals surface area contributed by atoms with Crippen molar-refractivity contribution in [1.82, 2.24) is 0 Å². The molecule has 0 radical (unpaired) electrons. The molecule has 2 aromatic carbocycles. The van der Waals surface area contributed by atoms with Gasteiger partial charge in [-0.25, -0.2) is 0 Å². The van der Waals surface area contributed by atoms with E-state index in [2.05, 4.69) is 5.16 Å². The lowest BCUT2D eigenvalue weighted by Gasteiger charge is -2.12. The van der Waals surface area contributed by atoms with Crippen LogP contribution in [0.2, 0.25) is 5.02 Å². The zero-order valence-electron chi connectivity index (χ0n) is 11.6. The molecule has 0 bridgehead atoms. The lowest BCUT2D eigenvalue weighted by Crippen LogP contribution is -2.13. The second-order valence-corrected chi connectivity index (χ2v) is 4.79. The van der Waals surface area contributed by atoms with Gasteiger partial charge in [0.25, 0.3) is 0 Å². The zero-order chi connectivity index (χ0) is 15.4. The molecule has 0 aromatic heterocycles. The van der Waals surface area contributed by atoms with Crippen LogP contribution in [0.5, 0.6) is 17.2 Å². The minimum absolute atomic E-state index is 0.0560. The van der Waals surface area contributed by atoms with Gasteiger partial charge in [0.2, 0.25) is 0 Å². The van der Waals surface area contributed by atoms with E-state index in [-0.39, 0.29) is 5.84 Å².